The number of nitrogens with one attached hydrogen (secondary N) is 1. The quantitative estimate of drug-likeness (QED) is 0.497. The Bertz CT molecular complexity index is 989. The Morgan fingerprint density at radius 1 is 1.10 bits per heavy atom. The highest BCUT2D eigenvalue weighted by molar-refractivity contribution is 7.15. The second-order valence-corrected chi connectivity index (χ2v) is 7.89. The number of amides is 1. The van der Waals surface area contributed by atoms with Crippen LogP contribution in [0.15, 0.2) is 48.5 Å². The van der Waals surface area contributed by atoms with Crippen LogP contribution < -0.4 is 10.1 Å². The number of aromatic nitrogens is 2. The number of Topliss-reactive ketones (excluding diaryl/α,β-unsaturated/α-hetero) is 1. The van der Waals surface area contributed by atoms with Crippen molar-refractivity contribution in [1.82, 2.24) is 10.2 Å². The molecule has 8 heteroatoms. The minimum Gasteiger partial charge on any atom is -0.493 e. The van der Waals surface area contributed by atoms with Gasteiger partial charge in [0, 0.05) is 29.8 Å². The van der Waals surface area contributed by atoms with E-state index in [1.165, 1.54) is 11.3 Å². The number of halogens is 1. The summed E-state index contributed by atoms with van der Waals surface area (Å²) in [4.78, 5) is 24.2. The van der Waals surface area contributed by atoms with E-state index >= 15 is 0 Å². The third kappa shape index (κ3) is 6.66. The molecular formula is C21H20ClN3O3S. The molecule has 1 amide bonds. The lowest BCUT2D eigenvalue weighted by molar-refractivity contribution is -0.116. The average molecular weight is 430 g/mol. The molecule has 1 N–H and O–H groups in total. The fraction of sp³-hybridized carbons (Fsp3) is 0.238. The molecular weight excluding hydrogens is 410 g/mol. The van der Waals surface area contributed by atoms with E-state index in [2.05, 4.69) is 15.5 Å². The highest BCUT2D eigenvalue weighted by Crippen LogP contribution is 2.18. The van der Waals surface area contributed by atoms with E-state index in [1.807, 2.05) is 31.2 Å². The zero-order valence-corrected chi connectivity index (χ0v) is 17.4. The number of aryl methyl sites for hydroxylation is 1. The normalized spacial score (nSPS) is 10.6. The first-order valence-electron chi connectivity index (χ1n) is 9.10. The highest BCUT2D eigenvalue weighted by atomic mass is 35.5. The molecule has 0 saturated carbocycles. The number of anilines is 1. The number of nitrogens with zero attached hydrogens (tertiary/aromatic N) is 2. The van der Waals surface area contributed by atoms with Crippen molar-refractivity contribution in [3.8, 4) is 5.75 Å². The predicted molar refractivity (Wildman–Crippen MR) is 114 cm³/mol. The van der Waals surface area contributed by atoms with Gasteiger partial charge in [0.15, 0.2) is 5.78 Å². The van der Waals surface area contributed by atoms with Gasteiger partial charge in [0.25, 0.3) is 0 Å². The molecule has 0 saturated heterocycles. The topological polar surface area (TPSA) is 81.2 Å². The SMILES string of the molecule is Cc1cccc(OCCc2nnc(NC(=O)CCC(=O)c3ccc(Cl)cc3)s2)c1. The van der Waals surface area contributed by atoms with Crippen molar-refractivity contribution < 1.29 is 14.3 Å². The molecule has 0 unspecified atom stereocenters. The molecule has 1 aromatic heterocycles. The van der Waals surface area contributed by atoms with E-state index in [1.54, 1.807) is 24.3 Å². The van der Waals surface area contributed by atoms with Gasteiger partial charge in [-0.2, -0.15) is 0 Å². The monoisotopic (exact) mass is 429 g/mol. The van der Waals surface area contributed by atoms with Crippen LogP contribution in [0, 0.1) is 6.92 Å². The molecule has 29 heavy (non-hydrogen) atoms. The van der Waals surface area contributed by atoms with Crippen LogP contribution in [-0.4, -0.2) is 28.5 Å². The van der Waals surface area contributed by atoms with Crippen molar-refractivity contribution in [2.24, 2.45) is 0 Å². The number of ketones is 1. The lowest BCUT2D eigenvalue weighted by Gasteiger charge is -2.05. The summed E-state index contributed by atoms with van der Waals surface area (Å²) in [6.07, 6.45) is 0.785. The molecule has 0 bridgehead atoms. The van der Waals surface area contributed by atoms with Crippen LogP contribution in [-0.2, 0) is 11.2 Å². The molecule has 0 aliphatic carbocycles. The zero-order chi connectivity index (χ0) is 20.6. The Morgan fingerprint density at radius 3 is 2.66 bits per heavy atom. The zero-order valence-electron chi connectivity index (χ0n) is 15.9. The molecule has 0 aliphatic rings. The first-order valence-corrected chi connectivity index (χ1v) is 10.3. The molecule has 150 valence electrons. The van der Waals surface area contributed by atoms with Crippen molar-refractivity contribution in [3.63, 3.8) is 0 Å². The third-order valence-corrected chi connectivity index (χ3v) is 5.18. The van der Waals surface area contributed by atoms with Gasteiger partial charge in [-0.1, -0.05) is 35.1 Å². The van der Waals surface area contributed by atoms with Crippen LogP contribution in [0.1, 0.15) is 33.8 Å². The standard InChI is InChI=1S/C21H20ClN3O3S/c1-14-3-2-4-17(13-14)28-12-11-20-24-25-21(29-20)23-19(27)10-9-18(26)15-5-7-16(22)8-6-15/h2-8,13H,9-12H2,1H3,(H,23,25,27). The summed E-state index contributed by atoms with van der Waals surface area (Å²) in [5.41, 5.74) is 1.67. The summed E-state index contributed by atoms with van der Waals surface area (Å²) in [6.45, 7) is 2.48. The average Bonchev–Trinajstić information content (AvgIpc) is 3.14. The fourth-order valence-corrected chi connectivity index (χ4v) is 3.42. The van der Waals surface area contributed by atoms with Gasteiger partial charge in [0.05, 0.1) is 6.61 Å². The van der Waals surface area contributed by atoms with Crippen LogP contribution in [0.5, 0.6) is 5.75 Å². The number of carbonyl (C=O) groups is 2. The second kappa shape index (κ2) is 10.1. The summed E-state index contributed by atoms with van der Waals surface area (Å²) in [6, 6.07) is 14.4. The number of ether oxygens (including phenoxy) is 1. The van der Waals surface area contributed by atoms with Crippen LogP contribution in [0.2, 0.25) is 5.02 Å². The van der Waals surface area contributed by atoms with Gasteiger partial charge in [-0.15, -0.1) is 10.2 Å². The smallest absolute Gasteiger partial charge is 0.226 e. The summed E-state index contributed by atoms with van der Waals surface area (Å²) < 4.78 is 5.70. The fourth-order valence-electron chi connectivity index (χ4n) is 2.56. The van der Waals surface area contributed by atoms with E-state index in [4.69, 9.17) is 16.3 Å². The Balaban J connectivity index is 1.41. The first kappa shape index (κ1) is 21.0. The van der Waals surface area contributed by atoms with Gasteiger partial charge in [-0.25, -0.2) is 0 Å². The summed E-state index contributed by atoms with van der Waals surface area (Å²) in [5, 5.41) is 12.5. The number of carbonyl (C=O) groups excluding carboxylic acids is 2. The van der Waals surface area contributed by atoms with Gasteiger partial charge in [0.2, 0.25) is 11.0 Å². The van der Waals surface area contributed by atoms with Gasteiger partial charge in [-0.05, 0) is 48.9 Å². The van der Waals surface area contributed by atoms with Crippen molar-refractivity contribution in [1.29, 1.82) is 0 Å². The third-order valence-electron chi connectivity index (χ3n) is 4.03. The van der Waals surface area contributed by atoms with Crippen molar-refractivity contribution in [3.05, 3.63) is 69.7 Å². The van der Waals surface area contributed by atoms with Crippen molar-refractivity contribution >= 4 is 39.8 Å². The van der Waals surface area contributed by atoms with Gasteiger partial charge in [0.1, 0.15) is 10.8 Å². The molecule has 3 aromatic rings. The molecule has 2 aromatic carbocycles. The number of rotatable bonds is 9. The number of hydrogen-bond donors (Lipinski definition) is 1. The van der Waals surface area contributed by atoms with Crippen molar-refractivity contribution in [2.75, 3.05) is 11.9 Å². The molecule has 0 radical (unpaired) electrons. The molecule has 0 atom stereocenters. The van der Waals surface area contributed by atoms with Crippen LogP contribution >= 0.6 is 22.9 Å². The van der Waals surface area contributed by atoms with E-state index < -0.39 is 0 Å². The largest absolute Gasteiger partial charge is 0.493 e. The van der Waals surface area contributed by atoms with Crippen molar-refractivity contribution in [2.45, 2.75) is 26.2 Å². The van der Waals surface area contributed by atoms with Gasteiger partial charge < -0.3 is 10.1 Å². The van der Waals surface area contributed by atoms with Crippen LogP contribution in [0.25, 0.3) is 0 Å². The van der Waals surface area contributed by atoms with E-state index in [9.17, 15) is 9.59 Å². The lowest BCUT2D eigenvalue weighted by atomic mass is 10.1. The lowest BCUT2D eigenvalue weighted by Crippen LogP contribution is -2.13. The van der Waals surface area contributed by atoms with E-state index in [0.29, 0.717) is 28.7 Å². The molecule has 6 nitrogen and oxygen atoms in total. The van der Waals surface area contributed by atoms with Crippen LogP contribution in [0.3, 0.4) is 0 Å². The Kier molecular flexibility index (Phi) is 7.32. The Hall–Kier alpha value is -2.77. The maximum atomic E-state index is 12.1. The van der Waals surface area contributed by atoms with E-state index in [-0.39, 0.29) is 24.5 Å². The first-order chi connectivity index (χ1) is 14.0. The maximum Gasteiger partial charge on any atom is 0.226 e. The summed E-state index contributed by atoms with van der Waals surface area (Å²) >= 11 is 7.11. The van der Waals surface area contributed by atoms with Crippen LogP contribution in [0.4, 0.5) is 5.13 Å². The van der Waals surface area contributed by atoms with Gasteiger partial charge in [-0.3, -0.25) is 9.59 Å². The molecule has 3 rings (SSSR count). The number of benzene rings is 2. The Morgan fingerprint density at radius 2 is 1.90 bits per heavy atom. The highest BCUT2D eigenvalue weighted by Gasteiger charge is 2.12. The Labute approximate surface area is 177 Å². The number of hydrogen-bond acceptors (Lipinski definition) is 6. The molecule has 0 spiro atoms. The summed E-state index contributed by atoms with van der Waals surface area (Å²) in [5.74, 6) is 0.433. The maximum absolute atomic E-state index is 12.1. The minimum atomic E-state index is -0.272. The molecule has 0 fully saturated rings. The predicted octanol–water partition coefficient (Wildman–Crippen LogP) is 4.72. The molecule has 1 heterocycles. The van der Waals surface area contributed by atoms with Gasteiger partial charge >= 0.3 is 0 Å². The minimum absolute atomic E-state index is 0.0762. The summed E-state index contributed by atoms with van der Waals surface area (Å²) in [7, 11) is 0. The molecule has 0 aliphatic heterocycles. The van der Waals surface area contributed by atoms with E-state index in [0.717, 1.165) is 16.3 Å². The second-order valence-electron chi connectivity index (χ2n) is 6.39.